The normalized spacial score (nSPS) is 25.3. The van der Waals surface area contributed by atoms with Crippen LogP contribution in [-0.4, -0.2) is 26.0 Å². The second kappa shape index (κ2) is 6.32. The van der Waals surface area contributed by atoms with E-state index in [4.69, 9.17) is 0 Å². The van der Waals surface area contributed by atoms with E-state index in [0.717, 1.165) is 38.1 Å². The SMILES string of the molecule is CC(C)Cn1ncnc1CC1CCCCC(O)C1. The Kier molecular flexibility index (Phi) is 4.75. The fourth-order valence-corrected chi connectivity index (χ4v) is 2.82. The molecule has 4 heteroatoms. The van der Waals surface area contributed by atoms with Crippen LogP contribution in [0.4, 0.5) is 0 Å². The minimum absolute atomic E-state index is 0.112. The molecule has 1 fully saturated rings. The Balaban J connectivity index is 1.97. The summed E-state index contributed by atoms with van der Waals surface area (Å²) in [5.41, 5.74) is 0. The molecule has 0 aromatic carbocycles. The van der Waals surface area contributed by atoms with Gasteiger partial charge >= 0.3 is 0 Å². The molecular weight excluding hydrogens is 226 g/mol. The maximum absolute atomic E-state index is 9.86. The zero-order valence-electron chi connectivity index (χ0n) is 11.5. The molecule has 1 aromatic rings. The van der Waals surface area contributed by atoms with Crippen molar-refractivity contribution in [2.75, 3.05) is 0 Å². The van der Waals surface area contributed by atoms with Gasteiger partial charge in [0.25, 0.3) is 0 Å². The Morgan fingerprint density at radius 3 is 2.94 bits per heavy atom. The summed E-state index contributed by atoms with van der Waals surface area (Å²) in [7, 11) is 0. The largest absolute Gasteiger partial charge is 0.393 e. The van der Waals surface area contributed by atoms with Crippen LogP contribution in [0.3, 0.4) is 0 Å². The maximum Gasteiger partial charge on any atom is 0.138 e. The van der Waals surface area contributed by atoms with Gasteiger partial charge in [-0.1, -0.05) is 26.7 Å². The van der Waals surface area contributed by atoms with E-state index < -0.39 is 0 Å². The van der Waals surface area contributed by atoms with Gasteiger partial charge in [-0.15, -0.1) is 0 Å². The first kappa shape index (κ1) is 13.5. The first-order valence-corrected chi connectivity index (χ1v) is 7.20. The van der Waals surface area contributed by atoms with Crippen molar-refractivity contribution < 1.29 is 5.11 Å². The number of aromatic nitrogens is 3. The van der Waals surface area contributed by atoms with Gasteiger partial charge in [-0.2, -0.15) is 5.10 Å². The Morgan fingerprint density at radius 2 is 2.17 bits per heavy atom. The number of rotatable bonds is 4. The third kappa shape index (κ3) is 3.80. The molecule has 0 saturated heterocycles. The first-order valence-electron chi connectivity index (χ1n) is 7.20. The molecule has 0 aliphatic heterocycles. The van der Waals surface area contributed by atoms with Crippen LogP contribution in [-0.2, 0) is 13.0 Å². The van der Waals surface area contributed by atoms with Crippen molar-refractivity contribution in [3.63, 3.8) is 0 Å². The number of aliphatic hydroxyl groups excluding tert-OH is 1. The van der Waals surface area contributed by atoms with Crippen LogP contribution >= 0.6 is 0 Å². The van der Waals surface area contributed by atoms with E-state index in [2.05, 4.69) is 23.9 Å². The summed E-state index contributed by atoms with van der Waals surface area (Å²) in [6, 6.07) is 0. The Morgan fingerprint density at radius 1 is 1.39 bits per heavy atom. The highest BCUT2D eigenvalue weighted by Crippen LogP contribution is 2.25. The van der Waals surface area contributed by atoms with Gasteiger partial charge in [-0.05, 0) is 31.1 Å². The lowest BCUT2D eigenvalue weighted by molar-refractivity contribution is 0.140. The zero-order chi connectivity index (χ0) is 13.0. The third-order valence-corrected chi connectivity index (χ3v) is 3.71. The van der Waals surface area contributed by atoms with E-state index >= 15 is 0 Å². The summed E-state index contributed by atoms with van der Waals surface area (Å²) in [5.74, 6) is 2.24. The Labute approximate surface area is 109 Å². The highest BCUT2D eigenvalue weighted by atomic mass is 16.3. The minimum atomic E-state index is -0.112. The number of hydrogen-bond acceptors (Lipinski definition) is 3. The van der Waals surface area contributed by atoms with Gasteiger partial charge in [0, 0.05) is 13.0 Å². The fraction of sp³-hybridized carbons (Fsp3) is 0.857. The Bertz CT molecular complexity index is 362. The summed E-state index contributed by atoms with van der Waals surface area (Å²) in [5, 5.41) is 14.2. The topological polar surface area (TPSA) is 50.9 Å². The molecule has 1 saturated carbocycles. The summed E-state index contributed by atoms with van der Waals surface area (Å²) in [6.45, 7) is 5.33. The summed E-state index contributed by atoms with van der Waals surface area (Å²) < 4.78 is 2.03. The van der Waals surface area contributed by atoms with Gasteiger partial charge in [-0.3, -0.25) is 0 Å². The number of hydrogen-bond donors (Lipinski definition) is 1. The summed E-state index contributed by atoms with van der Waals surface area (Å²) >= 11 is 0. The average Bonchev–Trinajstić information content (AvgIpc) is 2.59. The smallest absolute Gasteiger partial charge is 0.138 e. The van der Waals surface area contributed by atoms with E-state index in [1.165, 1.54) is 12.8 Å². The van der Waals surface area contributed by atoms with Crippen molar-refractivity contribution >= 4 is 0 Å². The molecule has 0 spiro atoms. The molecule has 2 rings (SSSR count). The van der Waals surface area contributed by atoms with E-state index in [1.807, 2.05) is 4.68 Å². The lowest BCUT2D eigenvalue weighted by Gasteiger charge is -2.16. The number of aliphatic hydroxyl groups is 1. The van der Waals surface area contributed by atoms with Gasteiger partial charge in [-0.25, -0.2) is 9.67 Å². The van der Waals surface area contributed by atoms with Gasteiger partial charge in [0.1, 0.15) is 12.2 Å². The molecule has 4 nitrogen and oxygen atoms in total. The van der Waals surface area contributed by atoms with Crippen molar-refractivity contribution in [3.05, 3.63) is 12.2 Å². The van der Waals surface area contributed by atoms with Gasteiger partial charge in [0.15, 0.2) is 0 Å². The molecule has 2 unspecified atom stereocenters. The average molecular weight is 251 g/mol. The van der Waals surface area contributed by atoms with Crippen molar-refractivity contribution in [2.45, 2.75) is 65.0 Å². The van der Waals surface area contributed by atoms with Crippen LogP contribution in [0.25, 0.3) is 0 Å². The van der Waals surface area contributed by atoms with E-state index in [9.17, 15) is 5.11 Å². The van der Waals surface area contributed by atoms with Crippen LogP contribution in [0.2, 0.25) is 0 Å². The van der Waals surface area contributed by atoms with E-state index in [-0.39, 0.29) is 6.10 Å². The van der Waals surface area contributed by atoms with E-state index in [0.29, 0.717) is 11.8 Å². The Hall–Kier alpha value is -0.900. The minimum Gasteiger partial charge on any atom is -0.393 e. The second-order valence-corrected chi connectivity index (χ2v) is 6.00. The third-order valence-electron chi connectivity index (χ3n) is 3.71. The molecule has 102 valence electrons. The molecule has 2 atom stereocenters. The second-order valence-electron chi connectivity index (χ2n) is 6.00. The summed E-state index contributed by atoms with van der Waals surface area (Å²) in [6.07, 6.45) is 8.01. The molecule has 1 heterocycles. The lowest BCUT2D eigenvalue weighted by atomic mass is 9.95. The monoisotopic (exact) mass is 251 g/mol. The molecular formula is C14H25N3O. The van der Waals surface area contributed by atoms with Crippen molar-refractivity contribution in [2.24, 2.45) is 11.8 Å². The fourth-order valence-electron chi connectivity index (χ4n) is 2.82. The molecule has 1 aliphatic rings. The molecule has 0 bridgehead atoms. The van der Waals surface area contributed by atoms with Gasteiger partial charge in [0.2, 0.25) is 0 Å². The van der Waals surface area contributed by atoms with Crippen LogP contribution in [0.15, 0.2) is 6.33 Å². The van der Waals surface area contributed by atoms with Crippen LogP contribution in [0.5, 0.6) is 0 Å². The molecule has 1 aliphatic carbocycles. The van der Waals surface area contributed by atoms with Crippen molar-refractivity contribution in [1.82, 2.24) is 14.8 Å². The van der Waals surface area contributed by atoms with Crippen LogP contribution in [0.1, 0.15) is 51.8 Å². The predicted molar refractivity (Wildman–Crippen MR) is 71.1 cm³/mol. The van der Waals surface area contributed by atoms with Crippen molar-refractivity contribution in [1.29, 1.82) is 0 Å². The maximum atomic E-state index is 9.86. The lowest BCUT2D eigenvalue weighted by Crippen LogP contribution is -2.17. The predicted octanol–water partition coefficient (Wildman–Crippen LogP) is 2.42. The van der Waals surface area contributed by atoms with Crippen molar-refractivity contribution in [3.8, 4) is 0 Å². The molecule has 18 heavy (non-hydrogen) atoms. The van der Waals surface area contributed by atoms with Crippen LogP contribution < -0.4 is 0 Å². The quantitative estimate of drug-likeness (QED) is 0.836. The van der Waals surface area contributed by atoms with Crippen LogP contribution in [0, 0.1) is 11.8 Å². The highest BCUT2D eigenvalue weighted by Gasteiger charge is 2.20. The standard InChI is InChI=1S/C14H25N3O/c1-11(2)9-17-14(15-10-16-17)8-12-5-3-4-6-13(18)7-12/h10-13,18H,3-9H2,1-2H3. The molecule has 1 N–H and O–H groups in total. The zero-order valence-corrected chi connectivity index (χ0v) is 11.5. The molecule has 0 amide bonds. The van der Waals surface area contributed by atoms with Gasteiger partial charge < -0.3 is 5.11 Å². The first-order chi connectivity index (χ1) is 8.65. The highest BCUT2D eigenvalue weighted by molar-refractivity contribution is 4.89. The number of nitrogens with zero attached hydrogens (tertiary/aromatic N) is 3. The summed E-state index contributed by atoms with van der Waals surface area (Å²) in [4.78, 5) is 4.39. The van der Waals surface area contributed by atoms with E-state index in [1.54, 1.807) is 6.33 Å². The molecule has 1 aromatic heterocycles. The van der Waals surface area contributed by atoms with Gasteiger partial charge in [0.05, 0.1) is 6.10 Å². The molecule has 0 radical (unpaired) electrons.